The normalized spacial score (nSPS) is 19.4. The Morgan fingerprint density at radius 1 is 1.33 bits per heavy atom. The number of aromatic nitrogens is 2. The van der Waals surface area contributed by atoms with Crippen LogP contribution in [0.5, 0.6) is 5.75 Å². The maximum atomic E-state index is 13.4. The summed E-state index contributed by atoms with van der Waals surface area (Å²) in [5.74, 6) is -1.74. The summed E-state index contributed by atoms with van der Waals surface area (Å²) < 4.78 is 48.1. The van der Waals surface area contributed by atoms with E-state index in [9.17, 15) is 27.9 Å². The molecule has 0 saturated carbocycles. The molecule has 1 aromatic heterocycles. The number of hydrogen-bond acceptors (Lipinski definition) is 5. The molecule has 198 valence electrons. The smallest absolute Gasteiger partial charge is 0.406 e. The number of carboxylic acid groups (broad SMARTS) is 1. The van der Waals surface area contributed by atoms with Gasteiger partial charge in [-0.3, -0.25) is 9.59 Å². The van der Waals surface area contributed by atoms with Gasteiger partial charge >= 0.3 is 12.1 Å². The van der Waals surface area contributed by atoms with Crippen molar-refractivity contribution in [3.05, 3.63) is 41.2 Å². The van der Waals surface area contributed by atoms with Crippen LogP contribution in [0.2, 0.25) is 0 Å². The number of carbonyl (C=O) groups excluding carboxylic acids is 1. The molecule has 0 fully saturated rings. The number of carboxylic acids is 1. The molecule has 3 heterocycles. The van der Waals surface area contributed by atoms with Gasteiger partial charge in [-0.1, -0.05) is 13.0 Å². The van der Waals surface area contributed by atoms with Gasteiger partial charge in [0.15, 0.2) is 0 Å². The van der Waals surface area contributed by atoms with Gasteiger partial charge in [-0.15, -0.1) is 12.4 Å². The summed E-state index contributed by atoms with van der Waals surface area (Å²) >= 11 is 0. The summed E-state index contributed by atoms with van der Waals surface area (Å²) in [5.41, 5.74) is 2.12. The van der Waals surface area contributed by atoms with Crippen LogP contribution >= 0.6 is 12.4 Å². The molecule has 36 heavy (non-hydrogen) atoms. The Morgan fingerprint density at radius 3 is 2.78 bits per heavy atom. The van der Waals surface area contributed by atoms with Crippen LogP contribution < -0.4 is 10.1 Å². The zero-order valence-electron chi connectivity index (χ0n) is 19.9. The van der Waals surface area contributed by atoms with Gasteiger partial charge < -0.3 is 24.6 Å². The van der Waals surface area contributed by atoms with Crippen molar-refractivity contribution in [2.24, 2.45) is 5.92 Å². The largest absolute Gasteiger partial charge is 0.493 e. The molecule has 1 aromatic carbocycles. The highest BCUT2D eigenvalue weighted by molar-refractivity contribution is 5.85. The van der Waals surface area contributed by atoms with Gasteiger partial charge in [-0.25, -0.2) is 4.98 Å². The predicted octanol–water partition coefficient (Wildman–Crippen LogP) is 4.23. The number of rotatable bonds is 8. The maximum Gasteiger partial charge on any atom is 0.406 e. The first-order valence-corrected chi connectivity index (χ1v) is 11.8. The standard InChI is InChI=1S/C24H29F3N4O4.ClH/c1-2-20-19-12-18(35-9-6-17-13-30-8-3-7-28-23(30)29-17)5-4-15(19)10-16(11-21(32)33)22(34)31(20)14-24(25,26)27;/h4-5,12-13,16,20H,2-3,6-11,14H2,1H3,(H,28,29)(H,32,33);1H. The minimum Gasteiger partial charge on any atom is -0.493 e. The topological polar surface area (TPSA) is 96.7 Å². The van der Waals surface area contributed by atoms with Crippen molar-refractivity contribution in [2.75, 3.05) is 25.0 Å². The Balaban J connectivity index is 0.00000361. The highest BCUT2D eigenvalue weighted by Gasteiger charge is 2.42. The molecule has 0 aliphatic carbocycles. The Labute approximate surface area is 213 Å². The van der Waals surface area contributed by atoms with Crippen LogP contribution in [-0.2, 0) is 29.0 Å². The highest BCUT2D eigenvalue weighted by Crippen LogP contribution is 2.38. The van der Waals surface area contributed by atoms with Crippen molar-refractivity contribution in [1.29, 1.82) is 0 Å². The molecule has 8 nitrogen and oxygen atoms in total. The zero-order valence-corrected chi connectivity index (χ0v) is 20.7. The molecular formula is C24H30ClF3N4O4. The number of alkyl halides is 3. The van der Waals surface area contributed by atoms with Crippen molar-refractivity contribution in [2.45, 2.75) is 57.8 Å². The van der Waals surface area contributed by atoms with E-state index in [2.05, 4.69) is 14.9 Å². The van der Waals surface area contributed by atoms with Gasteiger partial charge in [-0.2, -0.15) is 13.2 Å². The Kier molecular flexibility index (Phi) is 8.76. The van der Waals surface area contributed by atoms with Crippen molar-refractivity contribution in [3.8, 4) is 5.75 Å². The SMILES string of the molecule is CCC1c2cc(OCCc3cn4c(n3)NCCC4)ccc2CC(CC(=O)O)C(=O)N1CC(F)(F)F.Cl. The van der Waals surface area contributed by atoms with Gasteiger partial charge in [-0.05, 0) is 42.5 Å². The fourth-order valence-electron chi connectivity index (χ4n) is 4.88. The lowest BCUT2D eigenvalue weighted by Gasteiger charge is -2.32. The summed E-state index contributed by atoms with van der Waals surface area (Å²) in [5, 5.41) is 12.5. The zero-order chi connectivity index (χ0) is 25.2. The highest BCUT2D eigenvalue weighted by atomic mass is 35.5. The van der Waals surface area contributed by atoms with Crippen LogP contribution in [0.25, 0.3) is 0 Å². The number of benzene rings is 1. The number of aliphatic carboxylic acids is 1. The average molecular weight is 531 g/mol. The lowest BCUT2D eigenvalue weighted by molar-refractivity contribution is -0.169. The first-order valence-electron chi connectivity index (χ1n) is 11.8. The van der Waals surface area contributed by atoms with Crippen molar-refractivity contribution in [3.63, 3.8) is 0 Å². The average Bonchev–Trinajstić information content (AvgIpc) is 3.17. The van der Waals surface area contributed by atoms with Gasteiger partial charge in [0.05, 0.1) is 30.7 Å². The number of hydrogen-bond donors (Lipinski definition) is 2. The number of amides is 1. The third-order valence-corrected chi connectivity index (χ3v) is 6.42. The monoisotopic (exact) mass is 530 g/mol. The summed E-state index contributed by atoms with van der Waals surface area (Å²) in [7, 11) is 0. The minimum atomic E-state index is -4.60. The molecular weight excluding hydrogens is 501 g/mol. The summed E-state index contributed by atoms with van der Waals surface area (Å²) in [6, 6.07) is 4.30. The number of nitrogens with zero attached hydrogens (tertiary/aromatic N) is 3. The summed E-state index contributed by atoms with van der Waals surface area (Å²) in [4.78, 5) is 29.7. The van der Waals surface area contributed by atoms with Crippen LogP contribution in [0.4, 0.5) is 19.1 Å². The number of anilines is 1. The van der Waals surface area contributed by atoms with Crippen LogP contribution in [0.1, 0.15) is 49.0 Å². The molecule has 2 N–H and O–H groups in total. The second kappa shape index (κ2) is 11.4. The van der Waals surface area contributed by atoms with Gasteiger partial charge in [0.25, 0.3) is 0 Å². The number of aryl methyl sites for hydroxylation is 1. The van der Waals surface area contributed by atoms with Crippen LogP contribution in [0.15, 0.2) is 24.4 Å². The van der Waals surface area contributed by atoms with Crippen molar-refractivity contribution in [1.82, 2.24) is 14.5 Å². The predicted molar refractivity (Wildman–Crippen MR) is 128 cm³/mol. The number of ether oxygens (including phenoxy) is 1. The second-order valence-electron chi connectivity index (χ2n) is 8.99. The molecule has 4 rings (SSSR count). The number of halogens is 4. The second-order valence-corrected chi connectivity index (χ2v) is 8.99. The fourth-order valence-corrected chi connectivity index (χ4v) is 4.88. The van der Waals surface area contributed by atoms with Gasteiger partial charge in [0.1, 0.15) is 12.3 Å². The van der Waals surface area contributed by atoms with E-state index >= 15 is 0 Å². The molecule has 0 spiro atoms. The van der Waals surface area contributed by atoms with E-state index in [1.807, 2.05) is 6.20 Å². The molecule has 2 aliphatic rings. The van der Waals surface area contributed by atoms with E-state index in [0.717, 1.165) is 36.1 Å². The van der Waals surface area contributed by atoms with Gasteiger partial charge in [0, 0.05) is 25.7 Å². The van der Waals surface area contributed by atoms with E-state index in [1.165, 1.54) is 0 Å². The van der Waals surface area contributed by atoms with E-state index in [4.69, 9.17) is 4.74 Å². The third-order valence-electron chi connectivity index (χ3n) is 6.42. The van der Waals surface area contributed by atoms with E-state index in [1.54, 1.807) is 25.1 Å². The van der Waals surface area contributed by atoms with E-state index in [-0.39, 0.29) is 25.2 Å². The van der Waals surface area contributed by atoms with E-state index in [0.29, 0.717) is 29.9 Å². The molecule has 0 radical (unpaired) electrons. The molecule has 0 saturated heterocycles. The van der Waals surface area contributed by atoms with Crippen molar-refractivity contribution >= 4 is 30.2 Å². The minimum absolute atomic E-state index is 0. The van der Waals surface area contributed by atoms with Crippen LogP contribution in [0.3, 0.4) is 0 Å². The molecule has 2 aliphatic heterocycles. The maximum absolute atomic E-state index is 13.4. The first kappa shape index (κ1) is 27.6. The molecule has 2 atom stereocenters. The molecule has 0 bridgehead atoms. The molecule has 12 heteroatoms. The third kappa shape index (κ3) is 6.43. The fraction of sp³-hybridized carbons (Fsp3) is 0.542. The number of fused-ring (bicyclic) bond motifs is 2. The molecule has 2 unspecified atom stereocenters. The Morgan fingerprint density at radius 2 is 2.11 bits per heavy atom. The number of nitrogens with one attached hydrogen (secondary N) is 1. The van der Waals surface area contributed by atoms with Gasteiger partial charge in [0.2, 0.25) is 11.9 Å². The lowest BCUT2D eigenvalue weighted by Crippen LogP contribution is -2.43. The Hall–Kier alpha value is -2.95. The van der Waals surface area contributed by atoms with Crippen LogP contribution in [0, 0.1) is 5.92 Å². The Bertz CT molecular complexity index is 1070. The summed E-state index contributed by atoms with van der Waals surface area (Å²) in [6.45, 7) is 2.42. The number of carbonyl (C=O) groups is 2. The first-order chi connectivity index (χ1) is 16.6. The lowest BCUT2D eigenvalue weighted by atomic mass is 9.92. The van der Waals surface area contributed by atoms with Crippen molar-refractivity contribution < 1.29 is 32.6 Å². The number of imidazole rings is 1. The summed E-state index contributed by atoms with van der Waals surface area (Å²) in [6.07, 6.45) is -1.22. The molecule has 1 amide bonds. The molecule has 2 aromatic rings. The van der Waals surface area contributed by atoms with E-state index < -0.39 is 43.0 Å². The quantitative estimate of drug-likeness (QED) is 0.530. The van der Waals surface area contributed by atoms with Crippen LogP contribution in [-0.4, -0.2) is 57.3 Å².